The Labute approximate surface area is 343 Å². The highest BCUT2D eigenvalue weighted by atomic mass is 31.2. The molecule has 0 aromatic heterocycles. The lowest BCUT2D eigenvalue weighted by atomic mass is 10.1. The van der Waals surface area contributed by atoms with Crippen LogP contribution >= 0.6 is 7.82 Å². The average Bonchev–Trinajstić information content (AvgIpc) is 3.94. The van der Waals surface area contributed by atoms with Gasteiger partial charge < -0.3 is 29.9 Å². The van der Waals surface area contributed by atoms with Crippen molar-refractivity contribution >= 4 is 25.7 Å². The van der Waals surface area contributed by atoms with Gasteiger partial charge in [0.05, 0.1) is 25.4 Å². The Hall–Kier alpha value is -2.60. The van der Waals surface area contributed by atoms with E-state index in [2.05, 4.69) is 67.0 Å². The van der Waals surface area contributed by atoms with Crippen molar-refractivity contribution in [2.75, 3.05) is 19.8 Å². The molecule has 0 amide bonds. The van der Waals surface area contributed by atoms with Crippen molar-refractivity contribution in [3.8, 4) is 0 Å². The molecule has 1 saturated heterocycles. The first-order valence-corrected chi connectivity index (χ1v) is 23.3. The molecule has 1 fully saturated rings. The summed E-state index contributed by atoms with van der Waals surface area (Å²) in [7, 11) is -4.73. The van der Waals surface area contributed by atoms with E-state index < -0.39 is 51.1 Å². The van der Waals surface area contributed by atoms with Crippen LogP contribution in [0.4, 0.5) is 0 Å². The van der Waals surface area contributed by atoms with Gasteiger partial charge in [0.2, 0.25) is 0 Å². The minimum atomic E-state index is -4.73. The number of hydrogen-bond acceptors (Lipinski definition) is 10. The molecular weight excluding hydrogens is 749 g/mol. The number of aliphatic carboxylic acids is 1. The van der Waals surface area contributed by atoms with Gasteiger partial charge in [0, 0.05) is 12.8 Å². The monoisotopic (exact) mass is 826 g/mol. The van der Waals surface area contributed by atoms with Gasteiger partial charge in [-0.1, -0.05) is 127 Å². The van der Waals surface area contributed by atoms with Crippen molar-refractivity contribution in [2.45, 2.75) is 192 Å². The Morgan fingerprint density at radius 2 is 1.16 bits per heavy atom. The molecular formula is C44H76NO11P. The molecule has 0 aromatic carbocycles. The second kappa shape index (κ2) is 35.4. The van der Waals surface area contributed by atoms with E-state index in [1.807, 2.05) is 0 Å². The molecule has 1 aliphatic heterocycles. The summed E-state index contributed by atoms with van der Waals surface area (Å²) in [6.07, 6.45) is 40.6. The number of hydrogen-bond donors (Lipinski definition) is 3. The fourth-order valence-corrected chi connectivity index (χ4v) is 6.68. The zero-order chi connectivity index (χ0) is 41.8. The van der Waals surface area contributed by atoms with E-state index in [4.69, 9.17) is 29.6 Å². The number of nitrogens with two attached hydrogens (primary N) is 1. The van der Waals surface area contributed by atoms with Gasteiger partial charge in [-0.05, 0) is 77.0 Å². The highest BCUT2D eigenvalue weighted by molar-refractivity contribution is 7.47. The molecule has 0 aliphatic carbocycles. The summed E-state index contributed by atoms with van der Waals surface area (Å²) in [6, 6.07) is -1.53. The smallest absolute Gasteiger partial charge is 0.472 e. The molecule has 0 saturated carbocycles. The Bertz CT molecular complexity index is 1220. The highest BCUT2D eigenvalue weighted by Gasteiger charge is 2.36. The molecule has 57 heavy (non-hydrogen) atoms. The third-order valence-electron chi connectivity index (χ3n) is 9.47. The lowest BCUT2D eigenvalue weighted by Gasteiger charge is -2.20. The molecule has 1 aliphatic rings. The van der Waals surface area contributed by atoms with Gasteiger partial charge >= 0.3 is 25.7 Å². The summed E-state index contributed by atoms with van der Waals surface area (Å²) in [6.45, 7) is 2.69. The van der Waals surface area contributed by atoms with E-state index in [-0.39, 0.29) is 19.4 Å². The number of carboxylic acids is 1. The molecule has 4 N–H and O–H groups in total. The normalized spacial score (nSPS) is 17.8. The maximum Gasteiger partial charge on any atom is 0.472 e. The molecule has 328 valence electrons. The number of carboxylic acid groups (broad SMARTS) is 1. The predicted molar refractivity (Wildman–Crippen MR) is 226 cm³/mol. The van der Waals surface area contributed by atoms with Crippen LogP contribution in [0.5, 0.6) is 0 Å². The van der Waals surface area contributed by atoms with Crippen LogP contribution in [0, 0.1) is 0 Å². The zero-order valence-electron chi connectivity index (χ0n) is 35.1. The van der Waals surface area contributed by atoms with E-state index in [9.17, 15) is 23.8 Å². The van der Waals surface area contributed by atoms with E-state index >= 15 is 0 Å². The fourth-order valence-electron chi connectivity index (χ4n) is 5.90. The average molecular weight is 826 g/mol. The van der Waals surface area contributed by atoms with Crippen molar-refractivity contribution < 1.29 is 52.2 Å². The van der Waals surface area contributed by atoms with Crippen LogP contribution in [0.3, 0.4) is 0 Å². The summed E-state index contributed by atoms with van der Waals surface area (Å²) >= 11 is 0. The minimum absolute atomic E-state index is 0.128. The lowest BCUT2D eigenvalue weighted by molar-refractivity contribution is -0.161. The van der Waals surface area contributed by atoms with Crippen molar-refractivity contribution in [1.82, 2.24) is 0 Å². The standard InChI is InChI=1S/C44H76NO11P/c1-3-5-7-8-9-10-11-12-13-14-15-16-17-18-23-26-30-34-43(47)55-38(36-53-57(50,51)54-37-39(45)44(48)49)35-52-42(46)33-29-25-22-20-19-21-24-28-32-41-40(56-41)31-27-6-4-2/h9-10,12-13,15-16,24,28,38-41H,3-8,11,14,17-23,25-27,29-37,45H2,1-2H3,(H,48,49)(H,50,51)/b10-9-,13-12-,16-15-,28-24-/t38-,39+,40?,41?/m1/s1. The van der Waals surface area contributed by atoms with Crippen LogP contribution in [0.15, 0.2) is 48.6 Å². The summed E-state index contributed by atoms with van der Waals surface area (Å²) in [5.41, 5.74) is 5.33. The first kappa shape index (κ1) is 52.4. The van der Waals surface area contributed by atoms with E-state index in [1.165, 1.54) is 44.9 Å². The number of phosphoric acid groups is 1. The molecule has 1 rings (SSSR count). The Kier molecular flexibility index (Phi) is 32.5. The topological polar surface area (TPSA) is 184 Å². The SMILES string of the molecule is CCCCC/C=C\C/C=C\C/C=C\CCCCCCC(=O)O[C@H](COC(=O)CCCCCCC/C=C\CC1OC1CCCCC)COP(=O)(O)OC[C@H](N)C(=O)O. The molecule has 3 unspecified atom stereocenters. The van der Waals surface area contributed by atoms with Crippen LogP contribution in [0.25, 0.3) is 0 Å². The second-order valence-corrected chi connectivity index (χ2v) is 16.3. The number of unbranched alkanes of at least 4 members (excludes halogenated alkanes) is 14. The Morgan fingerprint density at radius 1 is 0.649 bits per heavy atom. The first-order chi connectivity index (χ1) is 27.6. The maximum absolute atomic E-state index is 12.6. The number of allylic oxidation sites excluding steroid dienone is 7. The van der Waals surface area contributed by atoms with E-state index in [0.29, 0.717) is 25.0 Å². The third kappa shape index (κ3) is 33.0. The number of carbonyl (C=O) groups is 3. The quantitative estimate of drug-likeness (QED) is 0.0175. The number of ether oxygens (including phenoxy) is 3. The lowest BCUT2D eigenvalue weighted by Crippen LogP contribution is -2.34. The molecule has 1 heterocycles. The predicted octanol–water partition coefficient (Wildman–Crippen LogP) is 10.4. The molecule has 0 bridgehead atoms. The molecule has 0 radical (unpaired) electrons. The molecule has 5 atom stereocenters. The minimum Gasteiger partial charge on any atom is -0.480 e. The van der Waals surface area contributed by atoms with Gasteiger partial charge in [0.25, 0.3) is 0 Å². The molecule has 12 nitrogen and oxygen atoms in total. The molecule has 13 heteroatoms. The maximum atomic E-state index is 12.6. The summed E-state index contributed by atoms with van der Waals surface area (Å²) < 4.78 is 38.4. The van der Waals surface area contributed by atoms with Crippen molar-refractivity contribution in [3.05, 3.63) is 48.6 Å². The van der Waals surface area contributed by atoms with Crippen molar-refractivity contribution in [1.29, 1.82) is 0 Å². The number of epoxide rings is 1. The van der Waals surface area contributed by atoms with Gasteiger partial charge in [0.15, 0.2) is 6.10 Å². The number of esters is 2. The van der Waals surface area contributed by atoms with Crippen LogP contribution in [0.2, 0.25) is 0 Å². The van der Waals surface area contributed by atoms with Crippen molar-refractivity contribution in [3.63, 3.8) is 0 Å². The number of phosphoric ester groups is 1. The van der Waals surface area contributed by atoms with Crippen LogP contribution in [0.1, 0.15) is 168 Å². The van der Waals surface area contributed by atoms with Gasteiger partial charge in [0.1, 0.15) is 12.6 Å². The number of rotatable bonds is 39. The molecule has 0 aromatic rings. The van der Waals surface area contributed by atoms with Gasteiger partial charge in [-0.25, -0.2) is 4.57 Å². The Balaban J connectivity index is 2.31. The number of carbonyl (C=O) groups excluding carboxylic acids is 2. The van der Waals surface area contributed by atoms with E-state index in [0.717, 1.165) is 83.5 Å². The molecule has 0 spiro atoms. The summed E-state index contributed by atoms with van der Waals surface area (Å²) in [5.74, 6) is -2.44. The van der Waals surface area contributed by atoms with Crippen LogP contribution in [-0.4, -0.2) is 72.1 Å². The third-order valence-corrected chi connectivity index (χ3v) is 10.4. The fraction of sp³-hybridized carbons (Fsp3) is 0.750. The van der Waals surface area contributed by atoms with Gasteiger partial charge in [-0.15, -0.1) is 0 Å². The first-order valence-electron chi connectivity index (χ1n) is 21.8. The van der Waals surface area contributed by atoms with E-state index in [1.54, 1.807) is 0 Å². The van der Waals surface area contributed by atoms with Gasteiger partial charge in [-0.3, -0.25) is 23.4 Å². The zero-order valence-corrected chi connectivity index (χ0v) is 36.0. The summed E-state index contributed by atoms with van der Waals surface area (Å²) in [5, 5.41) is 8.89. The second-order valence-electron chi connectivity index (χ2n) is 14.9. The van der Waals surface area contributed by atoms with Crippen LogP contribution < -0.4 is 5.73 Å². The highest BCUT2D eigenvalue weighted by Crippen LogP contribution is 2.43. The van der Waals surface area contributed by atoms with Crippen molar-refractivity contribution in [2.24, 2.45) is 5.73 Å². The Morgan fingerprint density at radius 3 is 1.77 bits per heavy atom. The summed E-state index contributed by atoms with van der Waals surface area (Å²) in [4.78, 5) is 46.0. The van der Waals surface area contributed by atoms with Crippen LogP contribution in [-0.2, 0) is 42.2 Å². The largest absolute Gasteiger partial charge is 0.480 e. The van der Waals surface area contributed by atoms with Gasteiger partial charge in [-0.2, -0.15) is 0 Å².